The predicted molar refractivity (Wildman–Crippen MR) is 91.4 cm³/mol. The first-order chi connectivity index (χ1) is 10.8. The number of hydrazine groups is 1. The Balaban J connectivity index is 1.89. The lowest BCUT2D eigenvalue weighted by Crippen LogP contribution is -2.12. The molecule has 3 rings (SSSR count). The molecule has 5 N–H and O–H groups in total. The van der Waals surface area contributed by atoms with Crippen molar-refractivity contribution in [3.8, 4) is 5.75 Å². The number of hydrogen-bond donors (Lipinski definition) is 4. The number of fused-ring (bicyclic) bond motifs is 1. The van der Waals surface area contributed by atoms with Crippen molar-refractivity contribution in [2.24, 2.45) is 5.14 Å². The minimum atomic E-state index is -3.78. The fraction of sp³-hybridized carbons (Fsp3) is 0. The second-order valence-corrected chi connectivity index (χ2v) is 7.39. The summed E-state index contributed by atoms with van der Waals surface area (Å²) < 4.78 is 27.1. The topological polar surface area (TPSA) is 117 Å². The number of hydrogen-bond acceptors (Lipinski definition) is 7. The van der Waals surface area contributed by atoms with Crippen molar-refractivity contribution in [3.05, 3.63) is 41.4 Å². The number of nitrogens with one attached hydrogen (secondary N) is 2. The highest BCUT2D eigenvalue weighted by atomic mass is 35.5. The molecule has 0 radical (unpaired) electrons. The number of aromatic hydroxyl groups is 1. The number of phenolic OH excluding ortho intramolecular Hbond substituents is 1. The molecule has 0 saturated carbocycles. The number of aromatic nitrogens is 1. The molecular formula is C13H11ClN4O3S2. The summed E-state index contributed by atoms with van der Waals surface area (Å²) in [6.07, 6.45) is 0. The zero-order valence-electron chi connectivity index (χ0n) is 11.4. The molecule has 0 aliphatic carbocycles. The molecule has 10 heteroatoms. The van der Waals surface area contributed by atoms with Gasteiger partial charge < -0.3 is 10.5 Å². The van der Waals surface area contributed by atoms with E-state index in [0.29, 0.717) is 21.6 Å². The van der Waals surface area contributed by atoms with Crippen molar-refractivity contribution in [1.29, 1.82) is 0 Å². The average Bonchev–Trinajstić information content (AvgIpc) is 2.90. The Hall–Kier alpha value is -2.07. The highest BCUT2D eigenvalue weighted by molar-refractivity contribution is 7.89. The van der Waals surface area contributed by atoms with Crippen molar-refractivity contribution in [1.82, 2.24) is 4.37 Å². The van der Waals surface area contributed by atoms with Gasteiger partial charge in [0, 0.05) is 5.39 Å². The summed E-state index contributed by atoms with van der Waals surface area (Å²) >= 11 is 7.00. The summed E-state index contributed by atoms with van der Waals surface area (Å²) in [5.74, 6) is -0.0155. The fourth-order valence-corrected chi connectivity index (χ4v) is 3.33. The largest absolute Gasteiger partial charge is 0.506 e. The number of rotatable bonds is 4. The fourth-order valence-electron chi connectivity index (χ4n) is 1.90. The van der Waals surface area contributed by atoms with Gasteiger partial charge in [-0.3, -0.25) is 5.43 Å². The predicted octanol–water partition coefficient (Wildman–Crippen LogP) is 2.74. The Morgan fingerprint density at radius 3 is 2.65 bits per heavy atom. The molecular weight excluding hydrogens is 360 g/mol. The van der Waals surface area contributed by atoms with Crippen LogP contribution in [0.15, 0.2) is 41.3 Å². The number of halogens is 1. The minimum absolute atomic E-state index is 0.0147. The van der Waals surface area contributed by atoms with E-state index in [-0.39, 0.29) is 15.7 Å². The van der Waals surface area contributed by atoms with Crippen LogP contribution in [0.3, 0.4) is 0 Å². The minimum Gasteiger partial charge on any atom is -0.506 e. The quantitative estimate of drug-likeness (QED) is 0.414. The van der Waals surface area contributed by atoms with Crippen molar-refractivity contribution >= 4 is 54.7 Å². The third-order valence-corrected chi connectivity index (χ3v) is 5.05. The van der Waals surface area contributed by atoms with Gasteiger partial charge in [-0.05, 0) is 47.9 Å². The molecule has 0 aliphatic heterocycles. The molecule has 0 atom stereocenters. The number of benzene rings is 2. The van der Waals surface area contributed by atoms with Gasteiger partial charge in [-0.25, -0.2) is 13.6 Å². The molecule has 0 amide bonds. The number of sulfonamides is 1. The summed E-state index contributed by atoms with van der Waals surface area (Å²) in [5, 5.41) is 16.0. The molecule has 0 bridgehead atoms. The molecule has 0 saturated heterocycles. The van der Waals surface area contributed by atoms with Crippen LogP contribution in [0.2, 0.25) is 5.02 Å². The monoisotopic (exact) mass is 370 g/mol. The Morgan fingerprint density at radius 2 is 1.96 bits per heavy atom. The van der Waals surface area contributed by atoms with Crippen molar-refractivity contribution in [2.75, 3.05) is 10.9 Å². The van der Waals surface area contributed by atoms with Crippen LogP contribution in [0.25, 0.3) is 10.9 Å². The molecule has 2 aromatic carbocycles. The lowest BCUT2D eigenvalue weighted by Gasteiger charge is -2.09. The van der Waals surface area contributed by atoms with Crippen LogP contribution in [0.1, 0.15) is 0 Å². The molecule has 0 fully saturated rings. The van der Waals surface area contributed by atoms with E-state index in [1.54, 1.807) is 18.2 Å². The van der Waals surface area contributed by atoms with Gasteiger partial charge in [0.05, 0.1) is 21.1 Å². The zero-order valence-corrected chi connectivity index (χ0v) is 13.8. The van der Waals surface area contributed by atoms with E-state index in [0.717, 1.165) is 0 Å². The third kappa shape index (κ3) is 3.32. The average molecular weight is 371 g/mol. The Labute approximate surface area is 140 Å². The lowest BCUT2D eigenvalue weighted by atomic mass is 10.2. The maximum absolute atomic E-state index is 11.4. The molecule has 1 aromatic heterocycles. The first-order valence-corrected chi connectivity index (χ1v) is 8.97. The van der Waals surface area contributed by atoms with Crippen molar-refractivity contribution in [3.63, 3.8) is 0 Å². The maximum Gasteiger partial charge on any atom is 0.238 e. The molecule has 1 heterocycles. The highest BCUT2D eigenvalue weighted by Gasteiger charge is 2.12. The van der Waals surface area contributed by atoms with Crippen LogP contribution in [0.5, 0.6) is 5.75 Å². The van der Waals surface area contributed by atoms with Crippen LogP contribution in [-0.2, 0) is 10.0 Å². The van der Waals surface area contributed by atoms with E-state index < -0.39 is 10.0 Å². The number of phenols is 1. The van der Waals surface area contributed by atoms with Crippen LogP contribution in [0.4, 0.5) is 10.7 Å². The summed E-state index contributed by atoms with van der Waals surface area (Å²) in [7, 11) is -3.78. The van der Waals surface area contributed by atoms with E-state index in [1.165, 1.54) is 29.7 Å². The Bertz CT molecular complexity index is 988. The molecule has 3 aromatic rings. The number of nitrogens with zero attached hydrogens (tertiary/aromatic N) is 1. The van der Waals surface area contributed by atoms with Crippen molar-refractivity contribution < 1.29 is 13.5 Å². The molecule has 0 unspecified atom stereocenters. The normalized spacial score (nSPS) is 11.6. The molecule has 7 nitrogen and oxygen atoms in total. The van der Waals surface area contributed by atoms with Crippen LogP contribution < -0.4 is 16.0 Å². The maximum atomic E-state index is 11.4. The van der Waals surface area contributed by atoms with Crippen LogP contribution in [0, 0.1) is 0 Å². The third-order valence-electron chi connectivity index (χ3n) is 3.04. The number of nitrogens with two attached hydrogens (primary N) is 1. The van der Waals surface area contributed by atoms with E-state index in [2.05, 4.69) is 15.2 Å². The highest BCUT2D eigenvalue weighted by Crippen LogP contribution is 2.30. The second kappa shape index (κ2) is 5.85. The standard InChI is InChI=1S/C13H11ClN4O3S2/c14-10-5-7(1-4-12(10)19)16-17-13-9-6-8(23(15,20)21)2-3-11(9)18-22-13/h1-6,16-17,19H,(H2,15,20,21). The van der Waals surface area contributed by atoms with Gasteiger partial charge in [0.1, 0.15) is 10.8 Å². The zero-order chi connectivity index (χ0) is 16.6. The molecule has 0 spiro atoms. The van der Waals surface area contributed by atoms with Crippen LogP contribution >= 0.6 is 23.1 Å². The van der Waals surface area contributed by atoms with Gasteiger partial charge in [-0.2, -0.15) is 4.37 Å². The van der Waals surface area contributed by atoms with Gasteiger partial charge in [0.2, 0.25) is 10.0 Å². The first kappa shape index (κ1) is 15.8. The number of anilines is 2. The van der Waals surface area contributed by atoms with Gasteiger partial charge in [-0.1, -0.05) is 11.6 Å². The summed E-state index contributed by atoms with van der Waals surface area (Å²) in [5.41, 5.74) is 7.12. The second-order valence-electron chi connectivity index (χ2n) is 4.65. The number of primary sulfonamides is 1. The lowest BCUT2D eigenvalue weighted by molar-refractivity contribution is 0.475. The molecule has 0 aliphatic rings. The van der Waals surface area contributed by atoms with Crippen molar-refractivity contribution in [2.45, 2.75) is 4.90 Å². The Kier molecular flexibility index (Phi) is 4.02. The first-order valence-electron chi connectivity index (χ1n) is 6.27. The van der Waals surface area contributed by atoms with E-state index in [4.69, 9.17) is 16.7 Å². The smallest absolute Gasteiger partial charge is 0.238 e. The molecule has 23 heavy (non-hydrogen) atoms. The van der Waals surface area contributed by atoms with Gasteiger partial charge >= 0.3 is 0 Å². The SMILES string of the molecule is NS(=O)(=O)c1ccc2nsc(NNc3ccc(O)c(Cl)c3)c2c1. The van der Waals surface area contributed by atoms with Gasteiger partial charge in [-0.15, -0.1) is 0 Å². The van der Waals surface area contributed by atoms with Gasteiger partial charge in [0.15, 0.2) is 0 Å². The van der Waals surface area contributed by atoms with E-state index >= 15 is 0 Å². The van der Waals surface area contributed by atoms with E-state index in [1.807, 2.05) is 0 Å². The van der Waals surface area contributed by atoms with Gasteiger partial charge in [0.25, 0.3) is 0 Å². The molecule has 120 valence electrons. The summed E-state index contributed by atoms with van der Waals surface area (Å²) in [6.45, 7) is 0. The summed E-state index contributed by atoms with van der Waals surface area (Å²) in [6, 6.07) is 9.09. The van der Waals surface area contributed by atoms with Crippen LogP contribution in [-0.4, -0.2) is 17.9 Å². The summed E-state index contributed by atoms with van der Waals surface area (Å²) in [4.78, 5) is 0.0147. The van der Waals surface area contributed by atoms with E-state index in [9.17, 15) is 13.5 Å². The Morgan fingerprint density at radius 1 is 1.17 bits per heavy atom.